The minimum Gasteiger partial charge on any atom is -0.346 e. The van der Waals surface area contributed by atoms with Crippen LogP contribution in [0.5, 0.6) is 0 Å². The fourth-order valence-electron chi connectivity index (χ4n) is 2.06. The van der Waals surface area contributed by atoms with E-state index >= 15 is 0 Å². The molecule has 0 aromatic rings. The summed E-state index contributed by atoms with van der Waals surface area (Å²) >= 11 is 0. The SMILES string of the molecule is CCN(C)C(=N)N(C)C1CCCCC1. The van der Waals surface area contributed by atoms with Crippen LogP contribution in [0, 0.1) is 5.41 Å². The molecule has 1 aliphatic rings. The highest BCUT2D eigenvalue weighted by atomic mass is 15.3. The number of hydrogen-bond donors (Lipinski definition) is 1. The maximum atomic E-state index is 7.99. The largest absolute Gasteiger partial charge is 0.346 e. The van der Waals surface area contributed by atoms with Gasteiger partial charge < -0.3 is 9.80 Å². The molecule has 1 N–H and O–H groups in total. The van der Waals surface area contributed by atoms with Gasteiger partial charge >= 0.3 is 0 Å². The van der Waals surface area contributed by atoms with Crippen molar-refractivity contribution in [3.8, 4) is 0 Å². The van der Waals surface area contributed by atoms with Crippen molar-refractivity contribution in [2.75, 3.05) is 20.6 Å². The summed E-state index contributed by atoms with van der Waals surface area (Å²) in [5.41, 5.74) is 0. The maximum Gasteiger partial charge on any atom is 0.193 e. The molecule has 0 aromatic heterocycles. The number of guanidine groups is 1. The van der Waals surface area contributed by atoms with E-state index in [4.69, 9.17) is 5.41 Å². The minimum absolute atomic E-state index is 0.602. The summed E-state index contributed by atoms with van der Waals surface area (Å²) in [6, 6.07) is 0.602. The predicted octanol–water partition coefficient (Wildman–Crippen LogP) is 2.14. The van der Waals surface area contributed by atoms with Crippen LogP contribution in [0.2, 0.25) is 0 Å². The van der Waals surface area contributed by atoms with Gasteiger partial charge in [0.1, 0.15) is 0 Å². The van der Waals surface area contributed by atoms with Crippen molar-refractivity contribution in [2.45, 2.75) is 45.1 Å². The van der Waals surface area contributed by atoms with Crippen LogP contribution < -0.4 is 0 Å². The van der Waals surface area contributed by atoms with Crippen molar-refractivity contribution < 1.29 is 0 Å². The van der Waals surface area contributed by atoms with Crippen LogP contribution >= 0.6 is 0 Å². The van der Waals surface area contributed by atoms with Crippen LogP contribution in [0.3, 0.4) is 0 Å². The van der Waals surface area contributed by atoms with Crippen LogP contribution in [-0.2, 0) is 0 Å². The average molecular weight is 197 g/mol. The van der Waals surface area contributed by atoms with Crippen LogP contribution in [-0.4, -0.2) is 42.4 Å². The number of nitrogens with one attached hydrogen (secondary N) is 1. The van der Waals surface area contributed by atoms with E-state index in [1.807, 2.05) is 11.9 Å². The van der Waals surface area contributed by atoms with E-state index in [1.165, 1.54) is 32.1 Å². The average Bonchev–Trinajstić information content (AvgIpc) is 2.27. The van der Waals surface area contributed by atoms with Gasteiger partial charge in [-0.1, -0.05) is 19.3 Å². The summed E-state index contributed by atoms with van der Waals surface area (Å²) in [6.45, 7) is 3.00. The minimum atomic E-state index is 0.602. The molecule has 14 heavy (non-hydrogen) atoms. The van der Waals surface area contributed by atoms with E-state index in [9.17, 15) is 0 Å². The lowest BCUT2D eigenvalue weighted by Gasteiger charge is -2.35. The molecule has 1 aliphatic carbocycles. The lowest BCUT2D eigenvalue weighted by Crippen LogP contribution is -2.45. The van der Waals surface area contributed by atoms with Crippen molar-refractivity contribution in [2.24, 2.45) is 0 Å². The van der Waals surface area contributed by atoms with Crippen LogP contribution in [0.25, 0.3) is 0 Å². The molecule has 3 nitrogen and oxygen atoms in total. The Morgan fingerprint density at radius 2 is 1.79 bits per heavy atom. The first kappa shape index (κ1) is 11.3. The van der Waals surface area contributed by atoms with E-state index in [0.717, 1.165) is 6.54 Å². The highest BCUT2D eigenvalue weighted by molar-refractivity contribution is 5.76. The zero-order valence-electron chi connectivity index (χ0n) is 9.71. The fourth-order valence-corrected chi connectivity index (χ4v) is 2.06. The van der Waals surface area contributed by atoms with Gasteiger partial charge in [-0.2, -0.15) is 0 Å². The van der Waals surface area contributed by atoms with Gasteiger partial charge in [-0.3, -0.25) is 5.41 Å². The zero-order valence-corrected chi connectivity index (χ0v) is 9.71. The molecule has 0 spiro atoms. The molecule has 1 fully saturated rings. The Bertz CT molecular complexity index is 185. The molecule has 1 saturated carbocycles. The molecule has 1 rings (SSSR count). The van der Waals surface area contributed by atoms with Gasteiger partial charge in [0, 0.05) is 26.7 Å². The van der Waals surface area contributed by atoms with Crippen LogP contribution in [0.15, 0.2) is 0 Å². The van der Waals surface area contributed by atoms with E-state index in [0.29, 0.717) is 12.0 Å². The molecule has 0 amide bonds. The molecule has 0 radical (unpaired) electrons. The van der Waals surface area contributed by atoms with Gasteiger partial charge in [0.15, 0.2) is 5.96 Å². The van der Waals surface area contributed by atoms with Crippen LogP contribution in [0.1, 0.15) is 39.0 Å². The Hall–Kier alpha value is -0.730. The topological polar surface area (TPSA) is 30.3 Å². The lowest BCUT2D eigenvalue weighted by molar-refractivity contribution is 0.251. The molecular weight excluding hydrogens is 174 g/mol. The van der Waals surface area contributed by atoms with Crippen molar-refractivity contribution >= 4 is 5.96 Å². The summed E-state index contributed by atoms with van der Waals surface area (Å²) in [5, 5.41) is 7.99. The van der Waals surface area contributed by atoms with Gasteiger partial charge in [-0.15, -0.1) is 0 Å². The van der Waals surface area contributed by atoms with Crippen molar-refractivity contribution in [3.63, 3.8) is 0 Å². The lowest BCUT2D eigenvalue weighted by atomic mass is 9.95. The van der Waals surface area contributed by atoms with E-state index < -0.39 is 0 Å². The fraction of sp³-hybridized carbons (Fsp3) is 0.909. The summed E-state index contributed by atoms with van der Waals surface area (Å²) in [6.07, 6.45) is 6.56. The highest BCUT2D eigenvalue weighted by Gasteiger charge is 2.21. The van der Waals surface area contributed by atoms with Gasteiger partial charge in [0.05, 0.1) is 0 Å². The van der Waals surface area contributed by atoms with Gasteiger partial charge in [0.2, 0.25) is 0 Å². The monoisotopic (exact) mass is 197 g/mol. The molecule has 0 bridgehead atoms. The second-order valence-corrected chi connectivity index (χ2v) is 4.24. The molecule has 0 aliphatic heterocycles. The Labute approximate surface area is 87.6 Å². The van der Waals surface area contributed by atoms with Crippen molar-refractivity contribution in [3.05, 3.63) is 0 Å². The Kier molecular flexibility index (Phi) is 4.23. The standard InChI is InChI=1S/C11H23N3/c1-4-13(2)11(12)14(3)10-8-6-5-7-9-10/h10,12H,4-9H2,1-3H3. The Balaban J connectivity index is 2.45. The third-order valence-electron chi connectivity index (χ3n) is 3.29. The molecule has 0 atom stereocenters. The molecule has 0 heterocycles. The molecule has 0 aromatic carbocycles. The number of rotatable bonds is 2. The molecule has 0 unspecified atom stereocenters. The quantitative estimate of drug-likeness (QED) is 0.543. The van der Waals surface area contributed by atoms with Crippen LogP contribution in [0.4, 0.5) is 0 Å². The number of hydrogen-bond acceptors (Lipinski definition) is 1. The summed E-state index contributed by atoms with van der Waals surface area (Å²) < 4.78 is 0. The number of nitrogens with zero attached hydrogens (tertiary/aromatic N) is 2. The maximum absolute atomic E-state index is 7.99. The third-order valence-corrected chi connectivity index (χ3v) is 3.29. The predicted molar refractivity (Wildman–Crippen MR) is 60.7 cm³/mol. The Morgan fingerprint density at radius 1 is 1.21 bits per heavy atom. The molecule has 3 heteroatoms. The van der Waals surface area contributed by atoms with Gasteiger partial charge in [-0.05, 0) is 19.8 Å². The third kappa shape index (κ3) is 2.63. The first-order chi connectivity index (χ1) is 6.66. The van der Waals surface area contributed by atoms with Gasteiger partial charge in [0.25, 0.3) is 0 Å². The van der Waals surface area contributed by atoms with E-state index in [2.05, 4.69) is 18.9 Å². The second kappa shape index (κ2) is 5.23. The molecule has 82 valence electrons. The summed E-state index contributed by atoms with van der Waals surface area (Å²) in [5.74, 6) is 0.666. The first-order valence-corrected chi connectivity index (χ1v) is 5.69. The van der Waals surface area contributed by atoms with Gasteiger partial charge in [-0.25, -0.2) is 0 Å². The Morgan fingerprint density at radius 3 is 2.29 bits per heavy atom. The molecular formula is C11H23N3. The molecule has 0 saturated heterocycles. The normalized spacial score (nSPS) is 17.9. The highest BCUT2D eigenvalue weighted by Crippen LogP contribution is 2.21. The summed E-state index contributed by atoms with van der Waals surface area (Å²) in [7, 11) is 4.05. The summed E-state index contributed by atoms with van der Waals surface area (Å²) in [4.78, 5) is 4.14. The smallest absolute Gasteiger partial charge is 0.193 e. The van der Waals surface area contributed by atoms with E-state index in [-0.39, 0.29) is 0 Å². The second-order valence-electron chi connectivity index (χ2n) is 4.24. The van der Waals surface area contributed by atoms with Crippen molar-refractivity contribution in [1.82, 2.24) is 9.80 Å². The zero-order chi connectivity index (χ0) is 10.6. The van der Waals surface area contributed by atoms with E-state index in [1.54, 1.807) is 0 Å². The first-order valence-electron chi connectivity index (χ1n) is 5.69. The van der Waals surface area contributed by atoms with Crippen molar-refractivity contribution in [1.29, 1.82) is 5.41 Å².